The van der Waals surface area contributed by atoms with E-state index in [0.29, 0.717) is 22.5 Å². The molecule has 0 radical (unpaired) electrons. The summed E-state index contributed by atoms with van der Waals surface area (Å²) in [6.07, 6.45) is 0.331. The third-order valence-electron chi connectivity index (χ3n) is 3.73. The molecule has 2 heterocycles. The predicted octanol–water partition coefficient (Wildman–Crippen LogP) is 2.92. The van der Waals surface area contributed by atoms with Crippen molar-refractivity contribution in [3.63, 3.8) is 0 Å². The van der Waals surface area contributed by atoms with Crippen LogP contribution < -0.4 is 5.32 Å². The van der Waals surface area contributed by atoms with Gasteiger partial charge in [0.25, 0.3) is 5.69 Å². The molecule has 25 heavy (non-hydrogen) atoms. The van der Waals surface area contributed by atoms with Gasteiger partial charge < -0.3 is 5.32 Å². The normalized spacial score (nSPS) is 13.5. The van der Waals surface area contributed by atoms with Gasteiger partial charge in [-0.15, -0.1) is 0 Å². The summed E-state index contributed by atoms with van der Waals surface area (Å²) in [4.78, 5) is 37.8. The summed E-state index contributed by atoms with van der Waals surface area (Å²) < 4.78 is 0. The first kappa shape index (κ1) is 16.7. The van der Waals surface area contributed by atoms with E-state index in [-0.39, 0.29) is 28.5 Å². The van der Waals surface area contributed by atoms with Crippen LogP contribution in [0.2, 0.25) is 0 Å². The number of thiophene rings is 1. The minimum atomic E-state index is -0.538. The molecule has 10 heteroatoms. The van der Waals surface area contributed by atoms with E-state index in [1.165, 1.54) is 18.2 Å². The van der Waals surface area contributed by atoms with Gasteiger partial charge in [-0.2, -0.15) is 0 Å². The summed E-state index contributed by atoms with van der Waals surface area (Å²) in [6, 6.07) is 6.01. The molecular formula is C15H12N4O5S. The highest BCUT2D eigenvalue weighted by molar-refractivity contribution is 7.20. The molecular weight excluding hydrogens is 348 g/mol. The fraction of sp³-hybridized carbons (Fsp3) is 0.200. The Kier molecular flexibility index (Phi) is 4.28. The number of nitrogens with one attached hydrogen (secondary N) is 1. The number of carbonyl (C=O) groups is 1. The van der Waals surface area contributed by atoms with Crippen molar-refractivity contribution in [3.05, 3.63) is 61.2 Å². The summed E-state index contributed by atoms with van der Waals surface area (Å²) in [7, 11) is 0. The zero-order valence-corrected chi connectivity index (χ0v) is 13.8. The molecule has 128 valence electrons. The van der Waals surface area contributed by atoms with Gasteiger partial charge in [-0.05, 0) is 23.8 Å². The van der Waals surface area contributed by atoms with Crippen molar-refractivity contribution in [2.75, 3.05) is 11.9 Å². The first-order valence-electron chi connectivity index (χ1n) is 7.32. The Morgan fingerprint density at radius 3 is 2.60 bits per heavy atom. The molecule has 1 aliphatic heterocycles. The molecule has 1 aromatic carbocycles. The average Bonchev–Trinajstić information content (AvgIpc) is 2.85. The first-order chi connectivity index (χ1) is 11.9. The van der Waals surface area contributed by atoms with Gasteiger partial charge in [0, 0.05) is 11.6 Å². The van der Waals surface area contributed by atoms with Crippen LogP contribution in [0.3, 0.4) is 0 Å². The lowest BCUT2D eigenvalue weighted by Crippen LogP contribution is -2.12. The van der Waals surface area contributed by atoms with Crippen LogP contribution in [0.5, 0.6) is 0 Å². The van der Waals surface area contributed by atoms with Crippen molar-refractivity contribution in [1.29, 1.82) is 0 Å². The third-order valence-corrected chi connectivity index (χ3v) is 4.83. The molecule has 0 bridgehead atoms. The Morgan fingerprint density at radius 1 is 1.24 bits per heavy atom. The maximum atomic E-state index is 11.9. The molecule has 1 aromatic heterocycles. The number of hydrogen-bond donors (Lipinski definition) is 1. The van der Waals surface area contributed by atoms with Gasteiger partial charge >= 0.3 is 5.00 Å². The highest BCUT2D eigenvalue weighted by Crippen LogP contribution is 2.42. The summed E-state index contributed by atoms with van der Waals surface area (Å²) in [5.74, 6) is -0.423. The standard InChI is InChI=1S/C15H12N4O5S/c1-2-8-12-13(9-5-3-4-6-10(9)18(21)22)16-7-11(20)17-14(12)25-15(8)19(23)24/h3-6H,2,7H2,1H3,(H,17,20). The number of anilines is 1. The lowest BCUT2D eigenvalue weighted by Gasteiger charge is -2.08. The predicted molar refractivity (Wildman–Crippen MR) is 92.6 cm³/mol. The molecule has 1 N–H and O–H groups in total. The highest BCUT2D eigenvalue weighted by Gasteiger charge is 2.33. The number of nitro groups is 2. The van der Waals surface area contributed by atoms with Crippen molar-refractivity contribution >= 4 is 38.6 Å². The van der Waals surface area contributed by atoms with E-state index >= 15 is 0 Å². The van der Waals surface area contributed by atoms with Crippen molar-refractivity contribution in [2.24, 2.45) is 4.99 Å². The molecule has 0 fully saturated rings. The Balaban J connectivity index is 2.32. The van der Waals surface area contributed by atoms with Gasteiger partial charge in [-0.25, -0.2) is 0 Å². The molecule has 1 amide bonds. The maximum absolute atomic E-state index is 11.9. The van der Waals surface area contributed by atoms with Crippen molar-refractivity contribution in [3.8, 4) is 0 Å². The number of nitrogens with zero attached hydrogens (tertiary/aromatic N) is 3. The van der Waals surface area contributed by atoms with Gasteiger partial charge in [0.1, 0.15) is 11.5 Å². The molecule has 9 nitrogen and oxygen atoms in total. The molecule has 0 spiro atoms. The number of aliphatic imine (C=N–C) groups is 1. The summed E-state index contributed by atoms with van der Waals surface area (Å²) in [5, 5.41) is 25.5. The minimum Gasteiger partial charge on any atom is -0.315 e. The quantitative estimate of drug-likeness (QED) is 0.662. The lowest BCUT2D eigenvalue weighted by atomic mass is 9.97. The summed E-state index contributed by atoms with van der Waals surface area (Å²) in [6.45, 7) is 1.54. The van der Waals surface area contributed by atoms with Gasteiger partial charge in [-0.1, -0.05) is 19.1 Å². The monoisotopic (exact) mass is 360 g/mol. The van der Waals surface area contributed by atoms with Crippen LogP contribution in [0.1, 0.15) is 23.6 Å². The topological polar surface area (TPSA) is 128 Å². The van der Waals surface area contributed by atoms with Crippen LogP contribution in [0.15, 0.2) is 29.3 Å². The van der Waals surface area contributed by atoms with Gasteiger partial charge in [0.15, 0.2) is 0 Å². The Hall–Kier alpha value is -3.14. The second-order valence-electron chi connectivity index (χ2n) is 5.19. The van der Waals surface area contributed by atoms with Crippen LogP contribution >= 0.6 is 11.3 Å². The number of para-hydroxylation sites is 1. The number of nitro benzene ring substituents is 1. The van der Waals surface area contributed by atoms with Crippen LogP contribution in [-0.2, 0) is 11.2 Å². The Labute approximate surface area is 145 Å². The van der Waals surface area contributed by atoms with Crippen LogP contribution in [0.25, 0.3) is 0 Å². The molecule has 2 aromatic rings. The minimum absolute atomic E-state index is 0.0963. The van der Waals surface area contributed by atoms with E-state index < -0.39 is 15.8 Å². The zero-order valence-electron chi connectivity index (χ0n) is 13.0. The summed E-state index contributed by atoms with van der Waals surface area (Å²) >= 11 is 0.843. The van der Waals surface area contributed by atoms with Crippen LogP contribution in [-0.4, -0.2) is 28.0 Å². The van der Waals surface area contributed by atoms with E-state index in [1.807, 2.05) is 0 Å². The third kappa shape index (κ3) is 2.87. The van der Waals surface area contributed by atoms with E-state index in [4.69, 9.17) is 0 Å². The second-order valence-corrected chi connectivity index (χ2v) is 6.19. The average molecular weight is 360 g/mol. The van der Waals surface area contributed by atoms with Crippen molar-refractivity contribution in [2.45, 2.75) is 13.3 Å². The molecule has 0 saturated heterocycles. The number of carbonyl (C=O) groups excluding carboxylic acids is 1. The zero-order chi connectivity index (χ0) is 18.1. The molecule has 0 unspecified atom stereocenters. The lowest BCUT2D eigenvalue weighted by molar-refractivity contribution is -0.385. The van der Waals surface area contributed by atoms with Crippen molar-refractivity contribution < 1.29 is 14.6 Å². The number of benzene rings is 1. The fourth-order valence-corrected chi connectivity index (χ4v) is 3.84. The number of amides is 1. The van der Waals surface area contributed by atoms with E-state index in [2.05, 4.69) is 10.3 Å². The number of hydrogen-bond acceptors (Lipinski definition) is 7. The molecule has 0 aliphatic carbocycles. The Bertz CT molecular complexity index is 934. The van der Waals surface area contributed by atoms with Crippen LogP contribution in [0, 0.1) is 20.2 Å². The molecule has 0 saturated carbocycles. The number of rotatable bonds is 4. The smallest absolute Gasteiger partial charge is 0.315 e. The first-order valence-corrected chi connectivity index (χ1v) is 8.14. The molecule has 3 rings (SSSR count). The van der Waals surface area contributed by atoms with E-state index in [0.717, 1.165) is 11.3 Å². The maximum Gasteiger partial charge on any atom is 0.329 e. The SMILES string of the molecule is CCc1c([N+](=O)[O-])sc2c1C(c1ccccc1[N+](=O)[O-])=NCC(=O)N2. The van der Waals surface area contributed by atoms with Gasteiger partial charge in [0.05, 0.1) is 26.7 Å². The van der Waals surface area contributed by atoms with Crippen molar-refractivity contribution in [1.82, 2.24) is 0 Å². The van der Waals surface area contributed by atoms with Gasteiger partial charge in [0.2, 0.25) is 5.91 Å². The van der Waals surface area contributed by atoms with E-state index in [1.54, 1.807) is 13.0 Å². The summed E-state index contributed by atoms with van der Waals surface area (Å²) in [5.41, 5.74) is 1.08. The second kappa shape index (κ2) is 6.40. The molecule has 0 atom stereocenters. The van der Waals surface area contributed by atoms with Gasteiger partial charge in [-0.3, -0.25) is 30.0 Å². The highest BCUT2D eigenvalue weighted by atomic mass is 32.1. The molecule has 1 aliphatic rings. The Morgan fingerprint density at radius 2 is 1.96 bits per heavy atom. The fourth-order valence-electron chi connectivity index (χ4n) is 2.72. The largest absolute Gasteiger partial charge is 0.329 e. The van der Waals surface area contributed by atoms with E-state index in [9.17, 15) is 25.0 Å². The number of fused-ring (bicyclic) bond motifs is 1. The van der Waals surface area contributed by atoms with Crippen LogP contribution in [0.4, 0.5) is 15.7 Å².